The number of likely N-dealkylation sites (tertiary alicyclic amines) is 1. The van der Waals surface area contributed by atoms with Gasteiger partial charge in [-0.3, -0.25) is 4.90 Å². The first kappa shape index (κ1) is 8.83. The largest absolute Gasteiger partial charge is 0.389 e. The summed E-state index contributed by atoms with van der Waals surface area (Å²) in [4.78, 5) is 1.35. The molecule has 1 saturated heterocycles. The van der Waals surface area contributed by atoms with Gasteiger partial charge in [0.1, 0.15) is 0 Å². The van der Waals surface area contributed by atoms with Crippen LogP contribution in [0.25, 0.3) is 0 Å². The average molecular weight is 167 g/mol. The van der Waals surface area contributed by atoms with E-state index >= 15 is 0 Å². The van der Waals surface area contributed by atoms with Crippen LogP contribution in [0, 0.1) is 0 Å². The van der Waals surface area contributed by atoms with Crippen molar-refractivity contribution in [2.75, 3.05) is 19.6 Å². The molecule has 1 aliphatic rings. The van der Waals surface area contributed by atoms with Gasteiger partial charge in [-0.15, -0.1) is 0 Å². The first-order chi connectivity index (χ1) is 5.09. The molecule has 66 valence electrons. The third-order valence-corrected chi connectivity index (χ3v) is 1.73. The lowest BCUT2D eigenvalue weighted by atomic mass is 10.3. The summed E-state index contributed by atoms with van der Waals surface area (Å²) in [6, 6.07) is 0. The molecular formula is C6H11F2NO2. The molecule has 3 nitrogen and oxygen atoms in total. The number of nitrogens with zero attached hydrogens (tertiary/aromatic N) is 1. The lowest BCUT2D eigenvalue weighted by Gasteiger charge is -2.12. The SMILES string of the molecule is O[C@@H]1CN(CC(F)F)C[C@@H]1O. The topological polar surface area (TPSA) is 43.7 Å². The fourth-order valence-corrected chi connectivity index (χ4v) is 1.19. The molecule has 1 aliphatic heterocycles. The van der Waals surface area contributed by atoms with Gasteiger partial charge < -0.3 is 10.2 Å². The minimum atomic E-state index is -2.40. The van der Waals surface area contributed by atoms with Gasteiger partial charge in [0.2, 0.25) is 0 Å². The fourth-order valence-electron chi connectivity index (χ4n) is 1.19. The van der Waals surface area contributed by atoms with Gasteiger partial charge in [-0.25, -0.2) is 8.78 Å². The van der Waals surface area contributed by atoms with Gasteiger partial charge in [0, 0.05) is 13.1 Å². The standard InChI is InChI=1S/C6H11F2NO2/c7-6(8)3-9-1-4(10)5(11)2-9/h4-6,10-11H,1-3H2/t4-,5+. The van der Waals surface area contributed by atoms with E-state index in [4.69, 9.17) is 10.2 Å². The first-order valence-corrected chi connectivity index (χ1v) is 3.46. The van der Waals surface area contributed by atoms with E-state index < -0.39 is 18.6 Å². The van der Waals surface area contributed by atoms with Crippen LogP contribution < -0.4 is 0 Å². The van der Waals surface area contributed by atoms with Crippen LogP contribution in [0.5, 0.6) is 0 Å². The van der Waals surface area contributed by atoms with E-state index in [1.165, 1.54) is 4.90 Å². The molecule has 1 heterocycles. The normalized spacial score (nSPS) is 33.5. The van der Waals surface area contributed by atoms with Crippen LogP contribution in [0.3, 0.4) is 0 Å². The molecular weight excluding hydrogens is 156 g/mol. The number of alkyl halides is 2. The Morgan fingerprint density at radius 1 is 1.27 bits per heavy atom. The van der Waals surface area contributed by atoms with Crippen molar-refractivity contribution in [3.8, 4) is 0 Å². The summed E-state index contributed by atoms with van der Waals surface area (Å²) in [5.41, 5.74) is 0. The second kappa shape index (κ2) is 3.42. The molecule has 0 unspecified atom stereocenters. The minimum absolute atomic E-state index is 0.144. The quantitative estimate of drug-likeness (QED) is 0.571. The Balaban J connectivity index is 2.29. The molecule has 2 N–H and O–H groups in total. The Morgan fingerprint density at radius 2 is 1.73 bits per heavy atom. The maximum Gasteiger partial charge on any atom is 0.251 e. The van der Waals surface area contributed by atoms with Gasteiger partial charge in [-0.1, -0.05) is 0 Å². The second-order valence-electron chi connectivity index (χ2n) is 2.74. The summed E-state index contributed by atoms with van der Waals surface area (Å²) < 4.78 is 23.5. The van der Waals surface area contributed by atoms with Crippen molar-refractivity contribution >= 4 is 0 Å². The van der Waals surface area contributed by atoms with Crippen LogP contribution in [-0.4, -0.2) is 53.4 Å². The molecule has 0 amide bonds. The summed E-state index contributed by atoms with van der Waals surface area (Å²) in [6.07, 6.45) is -4.13. The van der Waals surface area contributed by atoms with Crippen LogP contribution in [0.4, 0.5) is 8.78 Å². The Labute approximate surface area is 63.2 Å². The van der Waals surface area contributed by atoms with Crippen LogP contribution in [0.1, 0.15) is 0 Å². The Bertz CT molecular complexity index is 121. The van der Waals surface area contributed by atoms with E-state index in [1.54, 1.807) is 0 Å². The van der Waals surface area contributed by atoms with Crippen molar-refractivity contribution in [3.63, 3.8) is 0 Å². The fraction of sp³-hybridized carbons (Fsp3) is 1.00. The third-order valence-electron chi connectivity index (χ3n) is 1.73. The van der Waals surface area contributed by atoms with Crippen molar-refractivity contribution in [1.82, 2.24) is 4.90 Å². The molecule has 1 fully saturated rings. The highest BCUT2D eigenvalue weighted by atomic mass is 19.3. The highest BCUT2D eigenvalue weighted by Gasteiger charge is 2.30. The summed E-state index contributed by atoms with van der Waals surface area (Å²) in [5.74, 6) is 0. The van der Waals surface area contributed by atoms with E-state index in [-0.39, 0.29) is 19.6 Å². The summed E-state index contributed by atoms with van der Waals surface area (Å²) in [5, 5.41) is 17.9. The minimum Gasteiger partial charge on any atom is -0.389 e. The predicted octanol–water partition coefficient (Wildman–Crippen LogP) is -0.711. The zero-order valence-electron chi connectivity index (χ0n) is 5.95. The number of hydrogen-bond donors (Lipinski definition) is 2. The van der Waals surface area contributed by atoms with Crippen molar-refractivity contribution in [2.45, 2.75) is 18.6 Å². The zero-order chi connectivity index (χ0) is 8.43. The number of hydrogen-bond acceptors (Lipinski definition) is 3. The summed E-state index contributed by atoms with van der Waals surface area (Å²) in [7, 11) is 0. The number of aliphatic hydroxyl groups is 2. The van der Waals surface area contributed by atoms with Crippen molar-refractivity contribution in [3.05, 3.63) is 0 Å². The molecule has 0 aromatic carbocycles. The van der Waals surface area contributed by atoms with Gasteiger partial charge in [0.15, 0.2) is 0 Å². The molecule has 0 aliphatic carbocycles. The predicted molar refractivity (Wildman–Crippen MR) is 34.5 cm³/mol. The van der Waals surface area contributed by atoms with E-state index in [0.717, 1.165) is 0 Å². The van der Waals surface area contributed by atoms with E-state index in [2.05, 4.69) is 0 Å². The highest BCUT2D eigenvalue weighted by molar-refractivity contribution is 4.83. The molecule has 0 saturated carbocycles. The van der Waals surface area contributed by atoms with Crippen LogP contribution in [0.2, 0.25) is 0 Å². The second-order valence-corrected chi connectivity index (χ2v) is 2.74. The molecule has 2 atom stereocenters. The summed E-state index contributed by atoms with van der Waals surface area (Å²) >= 11 is 0. The van der Waals surface area contributed by atoms with Crippen molar-refractivity contribution in [2.24, 2.45) is 0 Å². The molecule has 0 spiro atoms. The van der Waals surface area contributed by atoms with Gasteiger partial charge in [0.25, 0.3) is 6.43 Å². The molecule has 11 heavy (non-hydrogen) atoms. The van der Waals surface area contributed by atoms with Crippen LogP contribution in [-0.2, 0) is 0 Å². The molecule has 1 rings (SSSR count). The Hall–Kier alpha value is -0.260. The van der Waals surface area contributed by atoms with E-state index in [9.17, 15) is 8.78 Å². The van der Waals surface area contributed by atoms with Crippen molar-refractivity contribution < 1.29 is 19.0 Å². The Kier molecular flexibility index (Phi) is 2.75. The Morgan fingerprint density at radius 3 is 2.09 bits per heavy atom. The average Bonchev–Trinajstić information content (AvgIpc) is 2.10. The number of β-amino-alcohol motifs (C(OH)–C–C–N with tert-alkyl or cyclic N) is 2. The third kappa shape index (κ3) is 2.36. The maximum absolute atomic E-state index is 11.7. The molecule has 0 aromatic rings. The van der Waals surface area contributed by atoms with Crippen molar-refractivity contribution in [1.29, 1.82) is 0 Å². The zero-order valence-corrected chi connectivity index (χ0v) is 5.95. The lowest BCUT2D eigenvalue weighted by molar-refractivity contribution is 0.0572. The van der Waals surface area contributed by atoms with Gasteiger partial charge in [-0.05, 0) is 0 Å². The highest BCUT2D eigenvalue weighted by Crippen LogP contribution is 2.11. The summed E-state index contributed by atoms with van der Waals surface area (Å²) in [6.45, 7) is -0.0782. The molecule has 0 radical (unpaired) electrons. The number of aliphatic hydroxyl groups excluding tert-OH is 2. The van der Waals surface area contributed by atoms with E-state index in [1.807, 2.05) is 0 Å². The monoisotopic (exact) mass is 167 g/mol. The molecule has 0 bridgehead atoms. The smallest absolute Gasteiger partial charge is 0.251 e. The maximum atomic E-state index is 11.7. The molecule has 0 aromatic heterocycles. The first-order valence-electron chi connectivity index (χ1n) is 3.46. The lowest BCUT2D eigenvalue weighted by Crippen LogP contribution is -2.27. The van der Waals surface area contributed by atoms with Gasteiger partial charge in [-0.2, -0.15) is 0 Å². The van der Waals surface area contributed by atoms with Crippen LogP contribution >= 0.6 is 0 Å². The number of halogens is 2. The molecule has 5 heteroatoms. The van der Waals surface area contributed by atoms with Gasteiger partial charge in [0.05, 0.1) is 18.8 Å². The van der Waals surface area contributed by atoms with Gasteiger partial charge >= 0.3 is 0 Å². The van der Waals surface area contributed by atoms with E-state index in [0.29, 0.717) is 0 Å². The van der Waals surface area contributed by atoms with Crippen LogP contribution in [0.15, 0.2) is 0 Å². The number of rotatable bonds is 2.